The Morgan fingerprint density at radius 2 is 0.957 bits per heavy atom. The number of hydrogen-bond donors (Lipinski definition) is 0. The lowest BCUT2D eigenvalue weighted by Gasteiger charge is -2.07. The SMILES string of the molecule is CCCCCCCCCCCCCCCCCC(=O)CN(C)C. The highest BCUT2D eigenvalue weighted by Gasteiger charge is 2.02. The van der Waals surface area contributed by atoms with Gasteiger partial charge < -0.3 is 4.90 Å². The summed E-state index contributed by atoms with van der Waals surface area (Å²) >= 11 is 0. The topological polar surface area (TPSA) is 20.3 Å². The van der Waals surface area contributed by atoms with Gasteiger partial charge in [0.25, 0.3) is 0 Å². The van der Waals surface area contributed by atoms with Crippen LogP contribution in [-0.4, -0.2) is 31.3 Å². The predicted octanol–water partition coefficient (Wildman–Crippen LogP) is 6.38. The Hall–Kier alpha value is -0.370. The van der Waals surface area contributed by atoms with Crippen molar-refractivity contribution in [1.82, 2.24) is 4.90 Å². The van der Waals surface area contributed by atoms with Crippen molar-refractivity contribution in [2.24, 2.45) is 0 Å². The first kappa shape index (κ1) is 22.6. The summed E-state index contributed by atoms with van der Waals surface area (Å²) < 4.78 is 0. The van der Waals surface area contributed by atoms with E-state index in [9.17, 15) is 4.79 Å². The van der Waals surface area contributed by atoms with Gasteiger partial charge in [-0.05, 0) is 20.5 Å². The fraction of sp³-hybridized carbons (Fsp3) is 0.952. The van der Waals surface area contributed by atoms with Crippen LogP contribution in [0, 0.1) is 0 Å². The lowest BCUT2D eigenvalue weighted by molar-refractivity contribution is -0.119. The number of Topliss-reactive ketones (excluding diaryl/α,β-unsaturated/α-hetero) is 1. The molecular formula is C21H43NO. The van der Waals surface area contributed by atoms with Crippen LogP contribution in [0.3, 0.4) is 0 Å². The van der Waals surface area contributed by atoms with Crippen molar-refractivity contribution in [3.63, 3.8) is 0 Å². The fourth-order valence-corrected chi connectivity index (χ4v) is 3.13. The van der Waals surface area contributed by atoms with Crippen molar-refractivity contribution in [2.75, 3.05) is 20.6 Å². The number of likely N-dealkylation sites (N-methyl/N-ethyl adjacent to an activating group) is 1. The first-order valence-corrected chi connectivity index (χ1v) is 10.3. The molecule has 0 aromatic rings. The van der Waals surface area contributed by atoms with Crippen LogP contribution >= 0.6 is 0 Å². The number of unbranched alkanes of at least 4 members (excludes halogenated alkanes) is 14. The summed E-state index contributed by atoms with van der Waals surface area (Å²) in [5, 5.41) is 0. The molecule has 0 bridgehead atoms. The van der Waals surface area contributed by atoms with E-state index in [1.165, 1.54) is 89.9 Å². The number of hydrogen-bond acceptors (Lipinski definition) is 2. The van der Waals surface area contributed by atoms with Crippen molar-refractivity contribution in [3.05, 3.63) is 0 Å². The molecule has 0 N–H and O–H groups in total. The van der Waals surface area contributed by atoms with Crippen LogP contribution < -0.4 is 0 Å². The first-order chi connectivity index (χ1) is 11.2. The van der Waals surface area contributed by atoms with Gasteiger partial charge in [-0.3, -0.25) is 4.79 Å². The number of rotatable bonds is 18. The molecule has 0 aromatic carbocycles. The smallest absolute Gasteiger partial charge is 0.146 e. The van der Waals surface area contributed by atoms with Crippen LogP contribution in [0.25, 0.3) is 0 Å². The van der Waals surface area contributed by atoms with Gasteiger partial charge >= 0.3 is 0 Å². The maximum absolute atomic E-state index is 11.5. The number of nitrogens with zero attached hydrogens (tertiary/aromatic N) is 1. The predicted molar refractivity (Wildman–Crippen MR) is 103 cm³/mol. The second-order valence-corrected chi connectivity index (χ2v) is 7.48. The fourth-order valence-electron chi connectivity index (χ4n) is 3.13. The average Bonchev–Trinajstić information content (AvgIpc) is 2.50. The Morgan fingerprint density at radius 3 is 1.30 bits per heavy atom. The number of carbonyl (C=O) groups excluding carboxylic acids is 1. The Kier molecular flexibility index (Phi) is 17.7. The molecule has 0 amide bonds. The molecule has 0 aliphatic rings. The lowest BCUT2D eigenvalue weighted by Crippen LogP contribution is -2.21. The second kappa shape index (κ2) is 18.0. The van der Waals surface area contributed by atoms with Crippen molar-refractivity contribution < 1.29 is 4.79 Å². The van der Waals surface area contributed by atoms with E-state index in [1.54, 1.807) is 0 Å². The van der Waals surface area contributed by atoms with Crippen molar-refractivity contribution in [1.29, 1.82) is 0 Å². The molecule has 0 saturated carbocycles. The van der Waals surface area contributed by atoms with E-state index in [1.807, 2.05) is 19.0 Å². The van der Waals surface area contributed by atoms with E-state index >= 15 is 0 Å². The molecule has 0 aliphatic carbocycles. The van der Waals surface area contributed by atoms with Crippen molar-refractivity contribution in [3.8, 4) is 0 Å². The van der Waals surface area contributed by atoms with Gasteiger partial charge in [0.2, 0.25) is 0 Å². The summed E-state index contributed by atoms with van der Waals surface area (Å²) in [6.07, 6.45) is 21.4. The molecule has 0 aromatic heterocycles. The standard InChI is InChI=1S/C21H43NO/c1-4-5-6-7-8-9-10-11-12-13-14-15-16-17-18-19-21(23)20-22(2)3/h4-20H2,1-3H3. The normalized spacial score (nSPS) is 11.3. The molecule has 0 radical (unpaired) electrons. The van der Waals surface area contributed by atoms with Crippen LogP contribution in [-0.2, 0) is 4.79 Å². The monoisotopic (exact) mass is 325 g/mol. The zero-order valence-electron chi connectivity index (χ0n) is 16.4. The minimum Gasteiger partial charge on any atom is -0.302 e. The van der Waals surface area contributed by atoms with Crippen molar-refractivity contribution >= 4 is 5.78 Å². The maximum atomic E-state index is 11.5. The molecule has 0 aliphatic heterocycles. The third kappa shape index (κ3) is 19.6. The Bertz CT molecular complexity index is 250. The second-order valence-electron chi connectivity index (χ2n) is 7.48. The summed E-state index contributed by atoms with van der Waals surface area (Å²) in [7, 11) is 3.93. The highest BCUT2D eigenvalue weighted by Crippen LogP contribution is 2.13. The quantitative estimate of drug-likeness (QED) is 0.273. The largest absolute Gasteiger partial charge is 0.302 e. The molecule has 2 heteroatoms. The van der Waals surface area contributed by atoms with Gasteiger partial charge in [0.15, 0.2) is 0 Å². The van der Waals surface area contributed by atoms with Crippen LogP contribution in [0.1, 0.15) is 110 Å². The molecule has 0 unspecified atom stereocenters. The number of ketones is 1. The Morgan fingerprint density at radius 1 is 0.609 bits per heavy atom. The summed E-state index contributed by atoms with van der Waals surface area (Å²) in [4.78, 5) is 13.5. The van der Waals surface area contributed by atoms with E-state index < -0.39 is 0 Å². The van der Waals surface area contributed by atoms with Gasteiger partial charge in [-0.25, -0.2) is 0 Å². The van der Waals surface area contributed by atoms with Crippen LogP contribution in [0.4, 0.5) is 0 Å². The molecule has 138 valence electrons. The summed E-state index contributed by atoms with van der Waals surface area (Å²) in [6, 6.07) is 0. The zero-order chi connectivity index (χ0) is 17.2. The van der Waals surface area contributed by atoms with Crippen molar-refractivity contribution in [2.45, 2.75) is 110 Å². The zero-order valence-corrected chi connectivity index (χ0v) is 16.4. The molecule has 0 fully saturated rings. The molecule has 23 heavy (non-hydrogen) atoms. The van der Waals surface area contributed by atoms with Gasteiger partial charge in [-0.2, -0.15) is 0 Å². The van der Waals surface area contributed by atoms with Gasteiger partial charge in [-0.15, -0.1) is 0 Å². The van der Waals surface area contributed by atoms with Crippen LogP contribution in [0.5, 0.6) is 0 Å². The lowest BCUT2D eigenvalue weighted by atomic mass is 10.0. The minimum absolute atomic E-state index is 0.393. The number of carbonyl (C=O) groups is 1. The van der Waals surface area contributed by atoms with Crippen LogP contribution in [0.2, 0.25) is 0 Å². The molecule has 0 atom stereocenters. The molecule has 0 saturated heterocycles. The minimum atomic E-state index is 0.393. The third-order valence-electron chi connectivity index (χ3n) is 4.55. The summed E-state index contributed by atoms with van der Waals surface area (Å²) in [6.45, 7) is 2.89. The van der Waals surface area contributed by atoms with Gasteiger partial charge in [0, 0.05) is 6.42 Å². The Labute approximate surface area is 146 Å². The molecule has 0 rings (SSSR count). The third-order valence-corrected chi connectivity index (χ3v) is 4.55. The van der Waals surface area contributed by atoms with E-state index in [0.717, 1.165) is 12.8 Å². The first-order valence-electron chi connectivity index (χ1n) is 10.3. The summed E-state index contributed by atoms with van der Waals surface area (Å²) in [5.74, 6) is 0.393. The summed E-state index contributed by atoms with van der Waals surface area (Å²) in [5.41, 5.74) is 0. The molecular weight excluding hydrogens is 282 g/mol. The van der Waals surface area contributed by atoms with E-state index in [2.05, 4.69) is 6.92 Å². The van der Waals surface area contributed by atoms with E-state index in [0.29, 0.717) is 12.3 Å². The van der Waals surface area contributed by atoms with Gasteiger partial charge in [0.1, 0.15) is 5.78 Å². The molecule has 0 spiro atoms. The molecule has 2 nitrogen and oxygen atoms in total. The van der Waals surface area contributed by atoms with E-state index in [4.69, 9.17) is 0 Å². The van der Waals surface area contributed by atoms with Gasteiger partial charge in [0.05, 0.1) is 6.54 Å². The van der Waals surface area contributed by atoms with Crippen LogP contribution in [0.15, 0.2) is 0 Å². The highest BCUT2D eigenvalue weighted by atomic mass is 16.1. The highest BCUT2D eigenvalue weighted by molar-refractivity contribution is 5.80. The maximum Gasteiger partial charge on any atom is 0.146 e. The van der Waals surface area contributed by atoms with E-state index in [-0.39, 0.29) is 0 Å². The Balaban J connectivity index is 3.06. The van der Waals surface area contributed by atoms with Gasteiger partial charge in [-0.1, -0.05) is 96.8 Å². The molecule has 0 heterocycles. The average molecular weight is 326 g/mol.